The standard InChI is InChI=1S/C11H13ClFNO2/c12-11-7(2-1-3-9(11)15)4-14-5-8(13)10(16)6-14/h1-3,8,10,15-16H,4-6H2/t8-,10-/m1/s1. The Morgan fingerprint density at radius 1 is 1.44 bits per heavy atom. The van der Waals surface area contributed by atoms with Crippen LogP contribution in [0.15, 0.2) is 18.2 Å². The van der Waals surface area contributed by atoms with Crippen LogP contribution in [0, 0.1) is 0 Å². The second kappa shape index (κ2) is 4.57. The zero-order valence-corrected chi connectivity index (χ0v) is 9.36. The van der Waals surface area contributed by atoms with E-state index < -0.39 is 12.3 Å². The molecule has 1 fully saturated rings. The van der Waals surface area contributed by atoms with Gasteiger partial charge in [-0.2, -0.15) is 0 Å². The Morgan fingerprint density at radius 3 is 2.81 bits per heavy atom. The summed E-state index contributed by atoms with van der Waals surface area (Å²) in [6.45, 7) is 0.936. The van der Waals surface area contributed by atoms with Gasteiger partial charge in [-0.1, -0.05) is 23.7 Å². The predicted molar refractivity (Wildman–Crippen MR) is 59.3 cm³/mol. The molecule has 1 aliphatic rings. The van der Waals surface area contributed by atoms with E-state index in [2.05, 4.69) is 0 Å². The predicted octanol–water partition coefficient (Wildman–Crippen LogP) is 1.56. The monoisotopic (exact) mass is 245 g/mol. The van der Waals surface area contributed by atoms with Crippen LogP contribution < -0.4 is 0 Å². The molecule has 1 heterocycles. The van der Waals surface area contributed by atoms with Crippen molar-refractivity contribution >= 4 is 11.6 Å². The van der Waals surface area contributed by atoms with Gasteiger partial charge in [-0.15, -0.1) is 0 Å². The molecule has 0 unspecified atom stereocenters. The van der Waals surface area contributed by atoms with Gasteiger partial charge in [0.1, 0.15) is 11.9 Å². The normalized spacial score (nSPS) is 26.2. The summed E-state index contributed by atoms with van der Waals surface area (Å²) in [5, 5.41) is 19.0. The van der Waals surface area contributed by atoms with Crippen molar-refractivity contribution in [1.82, 2.24) is 4.90 Å². The van der Waals surface area contributed by atoms with Gasteiger partial charge in [0.15, 0.2) is 0 Å². The zero-order chi connectivity index (χ0) is 11.7. The van der Waals surface area contributed by atoms with Crippen LogP contribution in [0.25, 0.3) is 0 Å². The molecule has 0 bridgehead atoms. The highest BCUT2D eigenvalue weighted by atomic mass is 35.5. The summed E-state index contributed by atoms with van der Waals surface area (Å²) in [7, 11) is 0. The summed E-state index contributed by atoms with van der Waals surface area (Å²) >= 11 is 5.91. The van der Waals surface area contributed by atoms with E-state index in [9.17, 15) is 14.6 Å². The van der Waals surface area contributed by atoms with E-state index in [4.69, 9.17) is 11.6 Å². The molecule has 0 spiro atoms. The maximum atomic E-state index is 13.1. The Balaban J connectivity index is 2.08. The van der Waals surface area contributed by atoms with E-state index in [-0.39, 0.29) is 12.3 Å². The summed E-state index contributed by atoms with van der Waals surface area (Å²) in [5.74, 6) is 0.0238. The van der Waals surface area contributed by atoms with Crippen LogP contribution in [0.4, 0.5) is 4.39 Å². The molecule has 1 saturated heterocycles. The minimum atomic E-state index is -1.20. The summed E-state index contributed by atoms with van der Waals surface area (Å²) in [4.78, 5) is 1.77. The highest BCUT2D eigenvalue weighted by Gasteiger charge is 2.31. The molecule has 5 heteroatoms. The Bertz CT molecular complexity index is 378. The Morgan fingerprint density at radius 2 is 2.19 bits per heavy atom. The van der Waals surface area contributed by atoms with E-state index in [0.717, 1.165) is 5.56 Å². The van der Waals surface area contributed by atoms with Gasteiger partial charge in [-0.25, -0.2) is 4.39 Å². The third-order valence-corrected chi connectivity index (χ3v) is 3.18. The number of halogens is 2. The van der Waals surface area contributed by atoms with Gasteiger partial charge in [0, 0.05) is 19.6 Å². The number of benzene rings is 1. The van der Waals surface area contributed by atoms with E-state index in [1.807, 2.05) is 0 Å². The number of phenols is 1. The fraction of sp³-hybridized carbons (Fsp3) is 0.455. The number of likely N-dealkylation sites (tertiary alicyclic amines) is 1. The summed E-state index contributed by atoms with van der Waals surface area (Å²) in [6, 6.07) is 4.97. The second-order valence-electron chi connectivity index (χ2n) is 4.03. The maximum Gasteiger partial charge on any atom is 0.140 e. The number of aromatic hydroxyl groups is 1. The molecule has 2 N–H and O–H groups in total. The molecule has 1 aromatic rings. The van der Waals surface area contributed by atoms with E-state index in [1.54, 1.807) is 17.0 Å². The second-order valence-corrected chi connectivity index (χ2v) is 4.41. The first-order valence-corrected chi connectivity index (χ1v) is 5.46. The summed E-state index contributed by atoms with van der Waals surface area (Å²) in [5.41, 5.74) is 0.739. The number of hydrogen-bond donors (Lipinski definition) is 2. The van der Waals surface area contributed by atoms with Gasteiger partial charge in [-0.3, -0.25) is 4.90 Å². The maximum absolute atomic E-state index is 13.1. The van der Waals surface area contributed by atoms with Gasteiger partial charge in [0.25, 0.3) is 0 Å². The Labute approximate surface area is 98.1 Å². The number of alkyl halides is 1. The van der Waals surface area contributed by atoms with E-state index in [0.29, 0.717) is 18.1 Å². The molecule has 2 atom stereocenters. The number of nitrogens with zero attached hydrogens (tertiary/aromatic N) is 1. The van der Waals surface area contributed by atoms with Crippen LogP contribution in [-0.2, 0) is 6.54 Å². The van der Waals surface area contributed by atoms with Gasteiger partial charge in [0.2, 0.25) is 0 Å². The van der Waals surface area contributed by atoms with Crippen molar-refractivity contribution in [1.29, 1.82) is 0 Å². The molecule has 0 saturated carbocycles. The molecule has 1 aliphatic heterocycles. The first-order valence-electron chi connectivity index (χ1n) is 5.09. The number of phenolic OH excluding ortho intramolecular Hbond substituents is 1. The minimum Gasteiger partial charge on any atom is -0.506 e. The van der Waals surface area contributed by atoms with Crippen LogP contribution in [0.2, 0.25) is 5.02 Å². The fourth-order valence-corrected chi connectivity index (χ4v) is 2.07. The number of β-amino-alcohol motifs (C(OH)–C–C–N with tert-alkyl or cyclic N) is 1. The van der Waals surface area contributed by atoms with Crippen molar-refractivity contribution in [2.45, 2.75) is 18.8 Å². The highest BCUT2D eigenvalue weighted by molar-refractivity contribution is 6.32. The first-order chi connectivity index (χ1) is 7.58. The van der Waals surface area contributed by atoms with Gasteiger partial charge < -0.3 is 10.2 Å². The number of aliphatic hydroxyl groups is 1. The van der Waals surface area contributed by atoms with Crippen molar-refractivity contribution < 1.29 is 14.6 Å². The van der Waals surface area contributed by atoms with Crippen molar-refractivity contribution in [3.05, 3.63) is 28.8 Å². The highest BCUT2D eigenvalue weighted by Crippen LogP contribution is 2.28. The van der Waals surface area contributed by atoms with Crippen LogP contribution in [0.5, 0.6) is 5.75 Å². The van der Waals surface area contributed by atoms with Crippen molar-refractivity contribution in [3.63, 3.8) is 0 Å². The lowest BCUT2D eigenvalue weighted by molar-refractivity contribution is 0.115. The van der Waals surface area contributed by atoms with Crippen molar-refractivity contribution in [3.8, 4) is 5.75 Å². The van der Waals surface area contributed by atoms with Crippen molar-refractivity contribution in [2.75, 3.05) is 13.1 Å². The molecule has 88 valence electrons. The smallest absolute Gasteiger partial charge is 0.140 e. The average molecular weight is 246 g/mol. The number of hydrogen-bond acceptors (Lipinski definition) is 3. The lowest BCUT2D eigenvalue weighted by Crippen LogP contribution is -2.21. The molecular weight excluding hydrogens is 233 g/mol. The average Bonchev–Trinajstić information content (AvgIpc) is 2.54. The molecule has 0 radical (unpaired) electrons. The van der Waals surface area contributed by atoms with Crippen LogP contribution >= 0.6 is 11.6 Å². The zero-order valence-electron chi connectivity index (χ0n) is 8.61. The first kappa shape index (κ1) is 11.6. The fourth-order valence-electron chi connectivity index (χ4n) is 1.88. The molecule has 3 nitrogen and oxygen atoms in total. The van der Waals surface area contributed by atoms with Gasteiger partial charge in [-0.05, 0) is 11.6 Å². The third-order valence-electron chi connectivity index (χ3n) is 2.75. The lowest BCUT2D eigenvalue weighted by Gasteiger charge is -2.15. The molecule has 2 rings (SSSR count). The minimum absolute atomic E-state index is 0.0238. The SMILES string of the molecule is Oc1cccc(CN2C[C@@H](O)[C@H](F)C2)c1Cl. The topological polar surface area (TPSA) is 43.7 Å². The van der Waals surface area contributed by atoms with Crippen LogP contribution in [0.3, 0.4) is 0 Å². The third kappa shape index (κ3) is 2.29. The van der Waals surface area contributed by atoms with Crippen molar-refractivity contribution in [2.24, 2.45) is 0 Å². The molecule has 16 heavy (non-hydrogen) atoms. The number of rotatable bonds is 2. The lowest BCUT2D eigenvalue weighted by atomic mass is 10.2. The van der Waals surface area contributed by atoms with Crippen LogP contribution in [-0.4, -0.2) is 40.5 Å². The Hall–Kier alpha value is -0.840. The van der Waals surface area contributed by atoms with E-state index in [1.165, 1.54) is 6.07 Å². The molecular formula is C11H13ClFNO2. The largest absolute Gasteiger partial charge is 0.506 e. The number of aliphatic hydroxyl groups excluding tert-OH is 1. The molecule has 1 aromatic carbocycles. The molecule has 0 aromatic heterocycles. The summed E-state index contributed by atoms with van der Waals surface area (Å²) in [6.07, 6.45) is -2.12. The Kier molecular flexibility index (Phi) is 3.33. The molecule has 0 amide bonds. The molecule has 0 aliphatic carbocycles. The van der Waals surface area contributed by atoms with Gasteiger partial charge >= 0.3 is 0 Å². The van der Waals surface area contributed by atoms with Crippen LogP contribution in [0.1, 0.15) is 5.56 Å². The quantitative estimate of drug-likeness (QED) is 0.831. The van der Waals surface area contributed by atoms with E-state index >= 15 is 0 Å². The van der Waals surface area contributed by atoms with Gasteiger partial charge in [0.05, 0.1) is 11.1 Å². The summed E-state index contributed by atoms with van der Waals surface area (Å²) < 4.78 is 13.1.